The number of likely N-dealkylation sites (tertiary alicyclic amines) is 1. The maximum absolute atomic E-state index is 12.5. The molecular weight excluding hydrogens is 550 g/mol. The van der Waals surface area contributed by atoms with Gasteiger partial charge in [0.1, 0.15) is 0 Å². The van der Waals surface area contributed by atoms with Gasteiger partial charge in [0, 0.05) is 49.8 Å². The summed E-state index contributed by atoms with van der Waals surface area (Å²) in [5.41, 5.74) is 1.17. The molecule has 3 rings (SSSR count). The highest BCUT2D eigenvalue weighted by Gasteiger charge is 2.34. The quantitative estimate of drug-likeness (QED) is 0.328. The number of nitrogens with one attached hydrogen (secondary N) is 2. The molecule has 0 spiro atoms. The van der Waals surface area contributed by atoms with Gasteiger partial charge in [-0.05, 0) is 40.9 Å². The first-order chi connectivity index (χ1) is 12.8. The van der Waals surface area contributed by atoms with Gasteiger partial charge >= 0.3 is 6.18 Å². The van der Waals surface area contributed by atoms with Crippen LogP contribution in [0.25, 0.3) is 0 Å². The summed E-state index contributed by atoms with van der Waals surface area (Å²) >= 11 is 3.59. The van der Waals surface area contributed by atoms with Crippen molar-refractivity contribution < 1.29 is 13.2 Å². The minimum atomic E-state index is -4.15. The number of guanidine groups is 1. The fourth-order valence-corrected chi connectivity index (χ4v) is 4.25. The van der Waals surface area contributed by atoms with Crippen molar-refractivity contribution in [1.82, 2.24) is 15.5 Å². The third kappa shape index (κ3) is 6.65. The lowest BCUT2D eigenvalue weighted by atomic mass is 10.2. The number of hydrogen-bond acceptors (Lipinski definition) is 3. The zero-order chi connectivity index (χ0) is 19.4. The van der Waals surface area contributed by atoms with Crippen molar-refractivity contribution in [3.05, 3.63) is 28.7 Å². The fourth-order valence-electron chi connectivity index (χ4n) is 3.71. The van der Waals surface area contributed by atoms with Crippen LogP contribution in [0.4, 0.5) is 18.9 Å². The molecule has 158 valence electrons. The number of benzene rings is 1. The zero-order valence-corrected chi connectivity index (χ0v) is 19.6. The van der Waals surface area contributed by atoms with Crippen LogP contribution in [-0.4, -0.2) is 68.9 Å². The van der Waals surface area contributed by atoms with Gasteiger partial charge in [0.25, 0.3) is 0 Å². The van der Waals surface area contributed by atoms with Crippen molar-refractivity contribution in [2.45, 2.75) is 31.1 Å². The van der Waals surface area contributed by atoms with Crippen LogP contribution < -0.4 is 15.5 Å². The maximum atomic E-state index is 12.5. The van der Waals surface area contributed by atoms with Gasteiger partial charge in [-0.25, -0.2) is 0 Å². The van der Waals surface area contributed by atoms with E-state index in [1.165, 1.54) is 10.6 Å². The Labute approximate surface area is 189 Å². The Morgan fingerprint density at radius 2 is 1.79 bits per heavy atom. The van der Waals surface area contributed by atoms with E-state index in [0.29, 0.717) is 25.5 Å². The lowest BCUT2D eigenvalue weighted by Crippen LogP contribution is -2.49. The molecule has 5 nitrogen and oxygen atoms in total. The highest BCUT2D eigenvalue weighted by atomic mass is 127. The number of alkyl halides is 3. The van der Waals surface area contributed by atoms with Gasteiger partial charge in [-0.3, -0.25) is 9.89 Å². The van der Waals surface area contributed by atoms with E-state index < -0.39 is 12.7 Å². The molecule has 0 bridgehead atoms. The summed E-state index contributed by atoms with van der Waals surface area (Å²) < 4.78 is 38.7. The third-order valence-electron chi connectivity index (χ3n) is 4.96. The molecular formula is C18H26BrF3IN5. The zero-order valence-electron chi connectivity index (χ0n) is 15.7. The highest BCUT2D eigenvalue weighted by Crippen LogP contribution is 2.28. The van der Waals surface area contributed by atoms with Crippen LogP contribution in [0, 0.1) is 0 Å². The first-order valence-corrected chi connectivity index (χ1v) is 9.92. The fraction of sp³-hybridized carbons (Fsp3) is 0.611. The lowest BCUT2D eigenvalue weighted by molar-refractivity contribution is -0.143. The Morgan fingerprint density at radius 3 is 2.43 bits per heavy atom. The van der Waals surface area contributed by atoms with Crippen LogP contribution in [0.1, 0.15) is 12.8 Å². The molecule has 2 aliphatic rings. The summed E-state index contributed by atoms with van der Waals surface area (Å²) in [5.74, 6) is 0.660. The highest BCUT2D eigenvalue weighted by molar-refractivity contribution is 14.0. The topological polar surface area (TPSA) is 42.9 Å². The van der Waals surface area contributed by atoms with Crippen LogP contribution in [0.3, 0.4) is 0 Å². The number of para-hydroxylation sites is 1. The largest absolute Gasteiger partial charge is 0.401 e. The predicted molar refractivity (Wildman–Crippen MR) is 121 cm³/mol. The van der Waals surface area contributed by atoms with E-state index in [2.05, 4.69) is 42.5 Å². The van der Waals surface area contributed by atoms with Crippen LogP contribution >= 0.6 is 39.9 Å². The number of aliphatic imine (C=N–C) groups is 1. The molecule has 0 aliphatic carbocycles. The summed E-state index contributed by atoms with van der Waals surface area (Å²) in [6.07, 6.45) is -2.48. The van der Waals surface area contributed by atoms with Gasteiger partial charge in [-0.2, -0.15) is 13.2 Å². The number of halogens is 5. The molecule has 1 aromatic carbocycles. The summed E-state index contributed by atoms with van der Waals surface area (Å²) in [6.45, 7) is 1.79. The van der Waals surface area contributed by atoms with Crippen LogP contribution in [-0.2, 0) is 0 Å². The Bertz CT molecular complexity index is 673. The molecule has 2 unspecified atom stereocenters. The van der Waals surface area contributed by atoms with Crippen molar-refractivity contribution in [2.24, 2.45) is 4.99 Å². The van der Waals surface area contributed by atoms with Crippen molar-refractivity contribution in [3.8, 4) is 0 Å². The standard InChI is InChI=1S/C18H25BrF3N5.HI/c1-23-17(24-13-6-8-26(10-13)12-18(20,21)22)25-14-7-9-27(11-14)16-5-3-2-4-15(16)19;/h2-5,13-14H,6-12H2,1H3,(H2,23,24,25);1H. The SMILES string of the molecule is CN=C(NC1CCN(CC(F)(F)F)C1)NC1CCN(c2ccccc2Br)C1.I. The molecule has 2 fully saturated rings. The molecule has 2 heterocycles. The van der Waals surface area contributed by atoms with Gasteiger partial charge in [0.2, 0.25) is 0 Å². The second-order valence-electron chi connectivity index (χ2n) is 7.08. The van der Waals surface area contributed by atoms with Crippen molar-refractivity contribution in [3.63, 3.8) is 0 Å². The molecule has 2 aliphatic heterocycles. The van der Waals surface area contributed by atoms with Gasteiger partial charge in [-0.15, -0.1) is 24.0 Å². The van der Waals surface area contributed by atoms with Gasteiger partial charge < -0.3 is 15.5 Å². The Balaban J connectivity index is 0.00000280. The molecule has 0 saturated carbocycles. The minimum absolute atomic E-state index is 0. The molecule has 0 aromatic heterocycles. The summed E-state index contributed by atoms with van der Waals surface area (Å²) in [4.78, 5) is 8.01. The Morgan fingerprint density at radius 1 is 1.14 bits per heavy atom. The summed E-state index contributed by atoms with van der Waals surface area (Å²) in [5, 5.41) is 6.69. The number of rotatable bonds is 4. The third-order valence-corrected chi connectivity index (χ3v) is 5.63. The van der Waals surface area contributed by atoms with Crippen molar-refractivity contribution in [2.75, 3.05) is 44.7 Å². The normalized spacial score (nSPS) is 23.6. The smallest absolute Gasteiger partial charge is 0.368 e. The lowest BCUT2D eigenvalue weighted by Gasteiger charge is -2.23. The number of nitrogens with zero attached hydrogens (tertiary/aromatic N) is 3. The second-order valence-corrected chi connectivity index (χ2v) is 7.93. The first-order valence-electron chi connectivity index (χ1n) is 9.12. The number of anilines is 1. The van der Waals surface area contributed by atoms with Crippen molar-refractivity contribution in [1.29, 1.82) is 0 Å². The Kier molecular flexibility index (Phi) is 8.68. The minimum Gasteiger partial charge on any atom is -0.368 e. The van der Waals surface area contributed by atoms with E-state index in [4.69, 9.17) is 0 Å². The van der Waals surface area contributed by atoms with E-state index in [1.54, 1.807) is 7.05 Å². The van der Waals surface area contributed by atoms with E-state index in [0.717, 1.165) is 24.0 Å². The maximum Gasteiger partial charge on any atom is 0.401 e. The summed E-state index contributed by atoms with van der Waals surface area (Å²) in [7, 11) is 1.69. The molecule has 2 saturated heterocycles. The van der Waals surface area contributed by atoms with Gasteiger partial charge in [0.05, 0.1) is 12.2 Å². The van der Waals surface area contributed by atoms with Gasteiger partial charge in [-0.1, -0.05) is 12.1 Å². The summed E-state index contributed by atoms with van der Waals surface area (Å²) in [6, 6.07) is 8.37. The molecule has 0 radical (unpaired) electrons. The van der Waals surface area contributed by atoms with E-state index in [-0.39, 0.29) is 36.1 Å². The average Bonchev–Trinajstić information content (AvgIpc) is 3.23. The van der Waals surface area contributed by atoms with E-state index in [1.807, 2.05) is 18.2 Å². The molecule has 2 atom stereocenters. The van der Waals surface area contributed by atoms with E-state index in [9.17, 15) is 13.2 Å². The molecule has 1 aromatic rings. The van der Waals surface area contributed by atoms with Crippen LogP contribution in [0.5, 0.6) is 0 Å². The molecule has 2 N–H and O–H groups in total. The number of hydrogen-bond donors (Lipinski definition) is 2. The van der Waals surface area contributed by atoms with Crippen LogP contribution in [0.2, 0.25) is 0 Å². The van der Waals surface area contributed by atoms with Gasteiger partial charge in [0.15, 0.2) is 5.96 Å². The first kappa shape index (κ1) is 23.5. The van der Waals surface area contributed by atoms with Crippen LogP contribution in [0.15, 0.2) is 33.7 Å². The predicted octanol–water partition coefficient (Wildman–Crippen LogP) is 3.45. The molecule has 28 heavy (non-hydrogen) atoms. The second kappa shape index (κ2) is 10.3. The average molecular weight is 576 g/mol. The van der Waals surface area contributed by atoms with E-state index >= 15 is 0 Å². The molecule has 0 amide bonds. The Hall–Kier alpha value is -0.750. The van der Waals surface area contributed by atoms with Crippen molar-refractivity contribution >= 4 is 51.6 Å². The molecule has 10 heteroatoms. The monoisotopic (exact) mass is 575 g/mol.